The lowest BCUT2D eigenvalue weighted by Crippen LogP contribution is -2.37. The van der Waals surface area contributed by atoms with E-state index in [9.17, 15) is 4.79 Å². The highest BCUT2D eigenvalue weighted by Crippen LogP contribution is 2.21. The predicted octanol–water partition coefficient (Wildman–Crippen LogP) is 4.31. The summed E-state index contributed by atoms with van der Waals surface area (Å²) in [6.45, 7) is 4.52. The molecule has 0 bridgehead atoms. The van der Waals surface area contributed by atoms with Crippen molar-refractivity contribution in [3.63, 3.8) is 0 Å². The largest absolute Gasteiger partial charge is 0.484 e. The number of amides is 1. The minimum Gasteiger partial charge on any atom is -0.484 e. The second kappa shape index (κ2) is 9.78. The van der Waals surface area contributed by atoms with Gasteiger partial charge >= 0.3 is 0 Å². The van der Waals surface area contributed by atoms with E-state index in [4.69, 9.17) is 9.15 Å². The maximum Gasteiger partial charge on any atom is 0.277 e. The molecule has 1 aliphatic carbocycles. The Balaban J connectivity index is 1.40. The molecule has 0 radical (unpaired) electrons. The SMILES string of the molecule is CC(C)c1ccc(OCc2nnc(SCC(=O)NC3CCCCC3)o2)cc1. The fourth-order valence-corrected chi connectivity index (χ4v) is 3.68. The molecule has 2 aromatic rings. The van der Waals surface area contributed by atoms with Crippen LogP contribution >= 0.6 is 11.8 Å². The summed E-state index contributed by atoms with van der Waals surface area (Å²) in [5, 5.41) is 11.4. The zero-order valence-corrected chi connectivity index (χ0v) is 16.8. The minimum absolute atomic E-state index is 0.0214. The van der Waals surface area contributed by atoms with Gasteiger partial charge in [-0.15, -0.1) is 10.2 Å². The molecule has 0 saturated heterocycles. The van der Waals surface area contributed by atoms with E-state index < -0.39 is 0 Å². The van der Waals surface area contributed by atoms with Crippen molar-refractivity contribution in [2.24, 2.45) is 0 Å². The van der Waals surface area contributed by atoms with Gasteiger partial charge < -0.3 is 14.5 Å². The molecule has 1 saturated carbocycles. The third kappa shape index (κ3) is 6.27. The Labute approximate surface area is 164 Å². The van der Waals surface area contributed by atoms with Gasteiger partial charge in [0.05, 0.1) is 5.75 Å². The third-order valence-electron chi connectivity index (χ3n) is 4.65. The second-order valence-electron chi connectivity index (χ2n) is 7.17. The van der Waals surface area contributed by atoms with Gasteiger partial charge in [-0.3, -0.25) is 4.79 Å². The molecule has 1 heterocycles. The molecule has 6 nitrogen and oxygen atoms in total. The van der Waals surface area contributed by atoms with Crippen molar-refractivity contribution in [3.05, 3.63) is 35.7 Å². The summed E-state index contributed by atoms with van der Waals surface area (Å²) in [6, 6.07) is 8.31. The molecule has 1 aromatic carbocycles. The standard InChI is InChI=1S/C20H27N3O3S/c1-14(2)15-8-10-17(11-9-15)25-12-19-22-23-20(26-19)27-13-18(24)21-16-6-4-3-5-7-16/h8-11,14,16H,3-7,12-13H2,1-2H3,(H,21,24). The first-order valence-corrected chi connectivity index (χ1v) is 10.6. The van der Waals surface area contributed by atoms with Crippen molar-refractivity contribution >= 4 is 17.7 Å². The lowest BCUT2D eigenvalue weighted by molar-refractivity contribution is -0.119. The molecule has 1 aliphatic rings. The predicted molar refractivity (Wildman–Crippen MR) is 105 cm³/mol. The number of thioether (sulfide) groups is 1. The van der Waals surface area contributed by atoms with Crippen LogP contribution in [0.3, 0.4) is 0 Å². The Bertz CT molecular complexity index is 724. The van der Waals surface area contributed by atoms with Crippen LogP contribution in [0.2, 0.25) is 0 Å². The first-order valence-electron chi connectivity index (χ1n) is 9.57. The lowest BCUT2D eigenvalue weighted by atomic mass is 9.95. The average Bonchev–Trinajstić information content (AvgIpc) is 3.14. The first-order chi connectivity index (χ1) is 13.1. The summed E-state index contributed by atoms with van der Waals surface area (Å²) < 4.78 is 11.2. The van der Waals surface area contributed by atoms with Crippen LogP contribution in [-0.2, 0) is 11.4 Å². The average molecular weight is 390 g/mol. The maximum absolute atomic E-state index is 12.0. The molecular formula is C20H27N3O3S. The van der Waals surface area contributed by atoms with Crippen LogP contribution in [0.25, 0.3) is 0 Å². The second-order valence-corrected chi connectivity index (χ2v) is 8.09. The number of hydrogen-bond donors (Lipinski definition) is 1. The van der Waals surface area contributed by atoms with Crippen molar-refractivity contribution in [3.8, 4) is 5.75 Å². The van der Waals surface area contributed by atoms with Crippen molar-refractivity contribution in [2.75, 3.05) is 5.75 Å². The zero-order valence-electron chi connectivity index (χ0n) is 15.9. The summed E-state index contributed by atoms with van der Waals surface area (Å²) in [7, 11) is 0. The molecule has 0 aliphatic heterocycles. The number of nitrogens with one attached hydrogen (secondary N) is 1. The Hall–Kier alpha value is -2.02. The van der Waals surface area contributed by atoms with Gasteiger partial charge in [-0.05, 0) is 36.5 Å². The number of aromatic nitrogens is 2. The van der Waals surface area contributed by atoms with Gasteiger partial charge in [-0.2, -0.15) is 0 Å². The van der Waals surface area contributed by atoms with Crippen molar-refractivity contribution in [2.45, 2.75) is 69.7 Å². The molecule has 0 spiro atoms. The van der Waals surface area contributed by atoms with Gasteiger partial charge in [-0.1, -0.05) is 57.0 Å². The van der Waals surface area contributed by atoms with Gasteiger partial charge in [0.1, 0.15) is 5.75 Å². The van der Waals surface area contributed by atoms with E-state index in [1.165, 1.54) is 36.6 Å². The highest BCUT2D eigenvalue weighted by molar-refractivity contribution is 7.99. The normalized spacial score (nSPS) is 15.1. The van der Waals surface area contributed by atoms with Crippen molar-refractivity contribution < 1.29 is 13.9 Å². The van der Waals surface area contributed by atoms with Crippen LogP contribution in [0.1, 0.15) is 63.3 Å². The number of carbonyl (C=O) groups excluding carboxylic acids is 1. The van der Waals surface area contributed by atoms with Gasteiger partial charge in [0.25, 0.3) is 11.1 Å². The maximum atomic E-state index is 12.0. The Morgan fingerprint density at radius 2 is 1.96 bits per heavy atom. The summed E-state index contributed by atoms with van der Waals surface area (Å²) in [5.74, 6) is 1.96. The quantitative estimate of drug-likeness (QED) is 0.678. The van der Waals surface area contributed by atoms with Gasteiger partial charge in [0.15, 0.2) is 6.61 Å². The number of hydrogen-bond acceptors (Lipinski definition) is 6. The van der Waals surface area contributed by atoms with Crippen molar-refractivity contribution in [1.29, 1.82) is 0 Å². The minimum atomic E-state index is 0.0214. The third-order valence-corrected chi connectivity index (χ3v) is 5.47. The molecule has 146 valence electrons. The van der Waals surface area contributed by atoms with E-state index in [2.05, 4.69) is 41.5 Å². The van der Waals surface area contributed by atoms with E-state index >= 15 is 0 Å². The number of benzene rings is 1. The summed E-state index contributed by atoms with van der Waals surface area (Å²) in [5.41, 5.74) is 1.27. The van der Waals surface area contributed by atoms with E-state index in [-0.39, 0.29) is 18.3 Å². The molecule has 1 aromatic heterocycles. The van der Waals surface area contributed by atoms with E-state index in [1.54, 1.807) is 0 Å². The first kappa shape index (κ1) is 19.7. The van der Waals surface area contributed by atoms with Crippen LogP contribution in [0.5, 0.6) is 5.75 Å². The summed E-state index contributed by atoms with van der Waals surface area (Å²) in [6.07, 6.45) is 5.83. The number of rotatable bonds is 8. The Morgan fingerprint density at radius 3 is 2.67 bits per heavy atom. The highest BCUT2D eigenvalue weighted by atomic mass is 32.2. The molecule has 1 fully saturated rings. The fourth-order valence-electron chi connectivity index (χ4n) is 3.09. The van der Waals surface area contributed by atoms with E-state index in [0.717, 1.165) is 18.6 Å². The van der Waals surface area contributed by atoms with Gasteiger partial charge in [0, 0.05) is 6.04 Å². The molecule has 0 atom stereocenters. The van der Waals surface area contributed by atoms with Crippen LogP contribution in [0.15, 0.2) is 33.9 Å². The molecule has 3 rings (SSSR count). The smallest absolute Gasteiger partial charge is 0.277 e. The van der Waals surface area contributed by atoms with E-state index in [1.807, 2.05) is 12.1 Å². The Kier molecular flexibility index (Phi) is 7.15. The molecular weight excluding hydrogens is 362 g/mol. The number of ether oxygens (including phenoxy) is 1. The highest BCUT2D eigenvalue weighted by Gasteiger charge is 2.16. The van der Waals surface area contributed by atoms with Crippen LogP contribution < -0.4 is 10.1 Å². The topological polar surface area (TPSA) is 77.2 Å². The molecule has 1 N–H and O–H groups in total. The van der Waals surface area contributed by atoms with E-state index in [0.29, 0.717) is 23.1 Å². The summed E-state index contributed by atoms with van der Waals surface area (Å²) >= 11 is 1.26. The van der Waals surface area contributed by atoms with Crippen LogP contribution in [0, 0.1) is 0 Å². The number of nitrogens with zero attached hydrogens (tertiary/aromatic N) is 2. The molecule has 0 unspecified atom stereocenters. The lowest BCUT2D eigenvalue weighted by Gasteiger charge is -2.22. The monoisotopic (exact) mass is 389 g/mol. The van der Waals surface area contributed by atoms with Crippen molar-refractivity contribution in [1.82, 2.24) is 15.5 Å². The molecule has 1 amide bonds. The summed E-state index contributed by atoms with van der Waals surface area (Å²) in [4.78, 5) is 12.0. The van der Waals surface area contributed by atoms with Crippen LogP contribution in [0.4, 0.5) is 0 Å². The molecule has 27 heavy (non-hydrogen) atoms. The zero-order chi connectivity index (χ0) is 19.1. The molecule has 7 heteroatoms. The Morgan fingerprint density at radius 1 is 1.22 bits per heavy atom. The van der Waals surface area contributed by atoms with Gasteiger partial charge in [0.2, 0.25) is 5.91 Å². The number of carbonyl (C=O) groups is 1. The van der Waals surface area contributed by atoms with Crippen LogP contribution in [-0.4, -0.2) is 27.9 Å². The van der Waals surface area contributed by atoms with Gasteiger partial charge in [-0.25, -0.2) is 0 Å². The fraction of sp³-hybridized carbons (Fsp3) is 0.550.